The van der Waals surface area contributed by atoms with Gasteiger partial charge < -0.3 is 5.73 Å². The molecule has 0 heterocycles. The fourth-order valence-electron chi connectivity index (χ4n) is 10.9. The zero-order chi connectivity index (χ0) is 27.5. The van der Waals surface area contributed by atoms with E-state index in [4.69, 9.17) is 10.6 Å². The number of nitrogens with two attached hydrogens (primary N) is 1. The molecule has 0 radical (unpaired) electrons. The number of nitrogens with one attached hydrogen (secondary N) is 1. The standard InChI is InChI=1S/C33H52N2O3/c1-28(2)24-10-13-33(7)26(31(24,5)12-11-25(28)34)23(36)18-21-22-19-30(4,27(37)35-38-20-8-9-20)15-14-29(22,3)16-17-32(21,33)6/h18,20,22,24-26H,8-17,19,34H2,1-7H3,(H,35,37)/t22-,24?,25-,26+,29+,30-,31-,32+,33+/m0/s1. The first-order valence-electron chi connectivity index (χ1n) is 15.6. The predicted octanol–water partition coefficient (Wildman–Crippen LogP) is 6.50. The van der Waals surface area contributed by atoms with Gasteiger partial charge in [-0.15, -0.1) is 0 Å². The lowest BCUT2D eigenvalue weighted by Crippen LogP contribution is -2.67. The molecule has 212 valence electrons. The molecule has 6 rings (SSSR count). The third kappa shape index (κ3) is 3.49. The first-order chi connectivity index (χ1) is 17.6. The highest BCUT2D eigenvalue weighted by molar-refractivity contribution is 5.95. The van der Waals surface area contributed by atoms with E-state index in [1.54, 1.807) is 0 Å². The number of hydrogen-bond donors (Lipinski definition) is 2. The molecule has 6 aliphatic carbocycles. The molecule has 6 aliphatic rings. The number of hydrogen-bond acceptors (Lipinski definition) is 4. The Hall–Kier alpha value is -1.20. The van der Waals surface area contributed by atoms with Crippen LogP contribution in [0.2, 0.25) is 0 Å². The lowest BCUT2D eigenvalue weighted by molar-refractivity contribution is -0.187. The van der Waals surface area contributed by atoms with Crippen molar-refractivity contribution in [2.45, 2.75) is 131 Å². The van der Waals surface area contributed by atoms with Crippen molar-refractivity contribution in [2.75, 3.05) is 0 Å². The number of carbonyl (C=O) groups excluding carboxylic acids is 2. The molecule has 0 spiro atoms. The van der Waals surface area contributed by atoms with Crippen molar-refractivity contribution in [1.29, 1.82) is 0 Å². The van der Waals surface area contributed by atoms with E-state index in [-0.39, 0.29) is 57.0 Å². The molecule has 1 amide bonds. The number of fused-ring (bicyclic) bond motifs is 7. The molecule has 0 bridgehead atoms. The molecular formula is C33H52N2O3. The summed E-state index contributed by atoms with van der Waals surface area (Å²) in [4.78, 5) is 33.4. The average Bonchev–Trinajstić information content (AvgIpc) is 3.67. The van der Waals surface area contributed by atoms with E-state index in [1.807, 2.05) is 0 Å². The van der Waals surface area contributed by atoms with Gasteiger partial charge in [0.2, 0.25) is 5.91 Å². The highest BCUT2D eigenvalue weighted by Gasteiger charge is 2.70. The van der Waals surface area contributed by atoms with Crippen LogP contribution >= 0.6 is 0 Å². The van der Waals surface area contributed by atoms with Crippen LogP contribution in [-0.4, -0.2) is 23.8 Å². The van der Waals surface area contributed by atoms with E-state index < -0.39 is 5.41 Å². The summed E-state index contributed by atoms with van der Waals surface area (Å²) in [5.74, 6) is 1.16. The van der Waals surface area contributed by atoms with E-state index in [1.165, 1.54) is 12.0 Å². The first kappa shape index (κ1) is 27.0. The summed E-state index contributed by atoms with van der Waals surface area (Å²) in [6, 6.07) is 0.204. The lowest BCUT2D eigenvalue weighted by atomic mass is 9.33. The minimum Gasteiger partial charge on any atom is -0.327 e. The maximum atomic E-state index is 14.4. The van der Waals surface area contributed by atoms with Crippen molar-refractivity contribution >= 4 is 11.7 Å². The van der Waals surface area contributed by atoms with Crippen LogP contribution in [0, 0.1) is 50.2 Å². The van der Waals surface area contributed by atoms with Gasteiger partial charge in [0.05, 0.1) is 6.10 Å². The van der Waals surface area contributed by atoms with Crippen molar-refractivity contribution in [2.24, 2.45) is 56.0 Å². The molecule has 1 unspecified atom stereocenters. The van der Waals surface area contributed by atoms with Crippen molar-refractivity contribution in [3.63, 3.8) is 0 Å². The second-order valence-electron chi connectivity index (χ2n) is 16.5. The van der Waals surface area contributed by atoms with Crippen LogP contribution in [0.15, 0.2) is 11.6 Å². The SMILES string of the molecule is CC1(C)C2CC[C@]3(C)[C@H](C(=O)C=C4[C@@H]5C[C@@](C)(C(=O)NOC6CC6)CC[C@]5(C)CC[C@]43C)[C@@]2(C)CC[C@@H]1N. The third-order valence-electron chi connectivity index (χ3n) is 14.1. The quantitative estimate of drug-likeness (QED) is 0.413. The minimum atomic E-state index is -0.466. The van der Waals surface area contributed by atoms with Crippen molar-refractivity contribution in [3.05, 3.63) is 11.6 Å². The van der Waals surface area contributed by atoms with Gasteiger partial charge in [0, 0.05) is 17.4 Å². The predicted molar refractivity (Wildman–Crippen MR) is 150 cm³/mol. The van der Waals surface area contributed by atoms with Gasteiger partial charge in [-0.1, -0.05) is 54.0 Å². The van der Waals surface area contributed by atoms with Gasteiger partial charge in [-0.25, -0.2) is 5.48 Å². The van der Waals surface area contributed by atoms with Crippen LogP contribution in [0.4, 0.5) is 0 Å². The smallest absolute Gasteiger partial charge is 0.249 e. The summed E-state index contributed by atoms with van der Waals surface area (Å²) in [7, 11) is 0. The summed E-state index contributed by atoms with van der Waals surface area (Å²) >= 11 is 0. The Balaban J connectivity index is 1.37. The number of ketones is 1. The van der Waals surface area contributed by atoms with E-state index in [9.17, 15) is 9.59 Å². The van der Waals surface area contributed by atoms with Gasteiger partial charge in [-0.2, -0.15) is 0 Å². The molecule has 0 aromatic carbocycles. The highest BCUT2D eigenvalue weighted by atomic mass is 16.7. The van der Waals surface area contributed by atoms with Gasteiger partial charge in [-0.3, -0.25) is 14.4 Å². The third-order valence-corrected chi connectivity index (χ3v) is 14.1. The number of amides is 1. The Labute approximate surface area is 230 Å². The highest BCUT2D eigenvalue weighted by Crippen LogP contribution is 2.75. The van der Waals surface area contributed by atoms with E-state index >= 15 is 0 Å². The van der Waals surface area contributed by atoms with E-state index in [0.717, 1.165) is 64.2 Å². The second kappa shape index (κ2) is 8.18. The molecule has 5 fully saturated rings. The van der Waals surface area contributed by atoms with Crippen LogP contribution in [0.25, 0.3) is 0 Å². The molecule has 0 aromatic heterocycles. The lowest BCUT2D eigenvalue weighted by Gasteiger charge is -2.70. The fourth-order valence-corrected chi connectivity index (χ4v) is 10.9. The molecule has 5 nitrogen and oxygen atoms in total. The minimum absolute atomic E-state index is 0.0175. The van der Waals surface area contributed by atoms with Crippen LogP contribution < -0.4 is 11.2 Å². The average molecular weight is 525 g/mol. The Morgan fingerprint density at radius 3 is 2.29 bits per heavy atom. The van der Waals surface area contributed by atoms with Gasteiger partial charge in [0.15, 0.2) is 5.78 Å². The Morgan fingerprint density at radius 1 is 0.921 bits per heavy atom. The molecule has 0 aliphatic heterocycles. The zero-order valence-electron chi connectivity index (χ0n) is 25.0. The Bertz CT molecular complexity index is 1080. The van der Waals surface area contributed by atoms with Crippen molar-refractivity contribution in [1.82, 2.24) is 5.48 Å². The van der Waals surface area contributed by atoms with Crippen LogP contribution in [0.5, 0.6) is 0 Å². The Morgan fingerprint density at radius 2 is 1.61 bits per heavy atom. The van der Waals surface area contributed by atoms with Gasteiger partial charge in [0.1, 0.15) is 0 Å². The van der Waals surface area contributed by atoms with Crippen LogP contribution in [0.3, 0.4) is 0 Å². The van der Waals surface area contributed by atoms with Crippen molar-refractivity contribution in [3.8, 4) is 0 Å². The molecular weight excluding hydrogens is 472 g/mol. The van der Waals surface area contributed by atoms with E-state index in [0.29, 0.717) is 11.7 Å². The second-order valence-corrected chi connectivity index (χ2v) is 16.5. The fraction of sp³-hybridized carbons (Fsp3) is 0.879. The number of carbonyl (C=O) groups is 2. The van der Waals surface area contributed by atoms with Gasteiger partial charge in [-0.05, 0) is 116 Å². The summed E-state index contributed by atoms with van der Waals surface area (Å²) in [6.07, 6.45) is 13.7. The van der Waals surface area contributed by atoms with Crippen LogP contribution in [-0.2, 0) is 14.4 Å². The topological polar surface area (TPSA) is 81.4 Å². The molecule has 5 saturated carbocycles. The van der Waals surface area contributed by atoms with Gasteiger partial charge >= 0.3 is 0 Å². The molecule has 3 N–H and O–H groups in total. The molecule has 0 saturated heterocycles. The summed E-state index contributed by atoms with van der Waals surface area (Å²) in [5.41, 5.74) is 10.5. The summed E-state index contributed by atoms with van der Waals surface area (Å²) in [5, 5.41) is 0. The molecule has 38 heavy (non-hydrogen) atoms. The number of allylic oxidation sites excluding steroid dienone is 2. The van der Waals surface area contributed by atoms with E-state index in [2.05, 4.69) is 60.0 Å². The number of rotatable bonds is 3. The largest absolute Gasteiger partial charge is 0.327 e. The summed E-state index contributed by atoms with van der Waals surface area (Å²) in [6.45, 7) is 16.6. The number of hydroxylamine groups is 1. The van der Waals surface area contributed by atoms with Gasteiger partial charge in [0.25, 0.3) is 0 Å². The maximum Gasteiger partial charge on any atom is 0.249 e. The molecule has 5 heteroatoms. The normalized spacial score (nSPS) is 51.6. The molecule has 0 aromatic rings. The molecule has 9 atom stereocenters. The maximum absolute atomic E-state index is 14.4. The first-order valence-corrected chi connectivity index (χ1v) is 15.6. The van der Waals surface area contributed by atoms with Crippen molar-refractivity contribution < 1.29 is 14.4 Å². The monoisotopic (exact) mass is 524 g/mol. The van der Waals surface area contributed by atoms with Crippen LogP contribution in [0.1, 0.15) is 119 Å². The Kier molecular flexibility index (Phi) is 5.81. The summed E-state index contributed by atoms with van der Waals surface area (Å²) < 4.78 is 0. The zero-order valence-corrected chi connectivity index (χ0v) is 25.0.